The van der Waals surface area contributed by atoms with Gasteiger partial charge in [-0.25, -0.2) is 4.98 Å². The van der Waals surface area contributed by atoms with Crippen LogP contribution in [0.15, 0.2) is 24.3 Å². The first-order valence-electron chi connectivity index (χ1n) is 8.00. The Kier molecular flexibility index (Phi) is 5.23. The van der Waals surface area contributed by atoms with Crippen molar-refractivity contribution >= 4 is 33.4 Å². The lowest BCUT2D eigenvalue weighted by molar-refractivity contribution is -0.151. The second-order valence-electron chi connectivity index (χ2n) is 5.68. The maximum atomic E-state index is 11.8. The maximum Gasteiger partial charge on any atom is 0.306 e. The lowest BCUT2D eigenvalue weighted by Crippen LogP contribution is -2.32. The molecule has 0 aliphatic carbocycles. The Morgan fingerprint density at radius 1 is 1.22 bits per heavy atom. The summed E-state index contributed by atoms with van der Waals surface area (Å²) in [4.78, 5) is 29.8. The largest absolute Gasteiger partial charge is 0.456 e. The SMILES string of the molecule is O=C(CCCc1nc2ccccc2s1)OCC(=O)N1CCCC1. The average Bonchev–Trinajstić information content (AvgIpc) is 3.21. The number of esters is 1. The van der Waals surface area contributed by atoms with Crippen LogP contribution in [0.4, 0.5) is 0 Å². The number of amides is 1. The van der Waals surface area contributed by atoms with E-state index in [0.29, 0.717) is 12.8 Å². The predicted octanol–water partition coefficient (Wildman–Crippen LogP) is 2.78. The summed E-state index contributed by atoms with van der Waals surface area (Å²) in [6, 6.07) is 8.02. The molecule has 122 valence electrons. The number of likely N-dealkylation sites (tertiary alicyclic amines) is 1. The molecule has 6 heteroatoms. The third kappa shape index (κ3) is 4.28. The zero-order chi connectivity index (χ0) is 16.1. The minimum Gasteiger partial charge on any atom is -0.456 e. The Hall–Kier alpha value is -1.95. The number of aryl methyl sites for hydroxylation is 1. The summed E-state index contributed by atoms with van der Waals surface area (Å²) in [6.07, 6.45) is 3.86. The number of benzene rings is 1. The van der Waals surface area contributed by atoms with Crippen LogP contribution in [0.2, 0.25) is 0 Å². The van der Waals surface area contributed by atoms with Gasteiger partial charge in [-0.15, -0.1) is 11.3 Å². The van der Waals surface area contributed by atoms with E-state index in [1.165, 1.54) is 4.70 Å². The molecule has 0 radical (unpaired) electrons. The second kappa shape index (κ2) is 7.55. The minimum absolute atomic E-state index is 0.0815. The molecular weight excluding hydrogens is 312 g/mol. The average molecular weight is 332 g/mol. The highest BCUT2D eigenvalue weighted by Gasteiger charge is 2.19. The molecule has 2 heterocycles. The van der Waals surface area contributed by atoms with Crippen molar-refractivity contribution in [2.75, 3.05) is 19.7 Å². The van der Waals surface area contributed by atoms with Crippen LogP contribution in [0.5, 0.6) is 0 Å². The number of aromatic nitrogens is 1. The summed E-state index contributed by atoms with van der Waals surface area (Å²) in [6.45, 7) is 1.45. The summed E-state index contributed by atoms with van der Waals surface area (Å²) >= 11 is 1.66. The summed E-state index contributed by atoms with van der Waals surface area (Å²) in [7, 11) is 0. The Labute approximate surface area is 139 Å². The van der Waals surface area contributed by atoms with E-state index in [9.17, 15) is 9.59 Å². The number of hydrogen-bond donors (Lipinski definition) is 0. The molecule has 3 rings (SSSR count). The van der Waals surface area contributed by atoms with Gasteiger partial charge in [-0.1, -0.05) is 12.1 Å². The van der Waals surface area contributed by atoms with Gasteiger partial charge in [0.05, 0.1) is 15.2 Å². The molecule has 0 bridgehead atoms. The second-order valence-corrected chi connectivity index (χ2v) is 6.79. The molecular formula is C17H20N2O3S. The first-order valence-corrected chi connectivity index (χ1v) is 8.82. The van der Waals surface area contributed by atoms with Gasteiger partial charge in [-0.3, -0.25) is 9.59 Å². The molecule has 23 heavy (non-hydrogen) atoms. The van der Waals surface area contributed by atoms with Gasteiger partial charge in [-0.05, 0) is 37.8 Å². The highest BCUT2D eigenvalue weighted by molar-refractivity contribution is 7.18. The number of para-hydroxylation sites is 1. The monoisotopic (exact) mass is 332 g/mol. The molecule has 0 saturated carbocycles. The number of nitrogens with zero attached hydrogens (tertiary/aromatic N) is 2. The Morgan fingerprint density at radius 2 is 2.00 bits per heavy atom. The normalized spacial score (nSPS) is 14.3. The molecule has 1 aliphatic heterocycles. The molecule has 2 aromatic rings. The molecule has 1 aromatic heterocycles. The zero-order valence-electron chi connectivity index (χ0n) is 13.0. The molecule has 1 fully saturated rings. The smallest absolute Gasteiger partial charge is 0.306 e. The van der Waals surface area contributed by atoms with Crippen molar-refractivity contribution in [2.45, 2.75) is 32.1 Å². The van der Waals surface area contributed by atoms with Gasteiger partial charge < -0.3 is 9.64 Å². The van der Waals surface area contributed by atoms with E-state index in [0.717, 1.165) is 42.9 Å². The van der Waals surface area contributed by atoms with Gasteiger partial charge in [0, 0.05) is 19.5 Å². The van der Waals surface area contributed by atoms with Gasteiger partial charge in [0.25, 0.3) is 5.91 Å². The van der Waals surface area contributed by atoms with Crippen LogP contribution < -0.4 is 0 Å². The van der Waals surface area contributed by atoms with Crippen LogP contribution in [0.3, 0.4) is 0 Å². The number of carbonyl (C=O) groups excluding carboxylic acids is 2. The fraction of sp³-hybridized carbons (Fsp3) is 0.471. The summed E-state index contributed by atoms with van der Waals surface area (Å²) < 4.78 is 6.23. The number of ether oxygens (including phenoxy) is 1. The summed E-state index contributed by atoms with van der Waals surface area (Å²) in [5.74, 6) is -0.388. The van der Waals surface area contributed by atoms with E-state index in [4.69, 9.17) is 4.74 Å². The van der Waals surface area contributed by atoms with E-state index in [1.54, 1.807) is 16.2 Å². The standard InChI is InChI=1S/C17H20N2O3S/c20-16(19-10-3-4-11-19)12-22-17(21)9-5-8-15-18-13-6-1-2-7-14(13)23-15/h1-2,6-7H,3-5,8-12H2. The number of hydrogen-bond acceptors (Lipinski definition) is 5. The summed E-state index contributed by atoms with van der Waals surface area (Å²) in [5, 5.41) is 1.03. The van der Waals surface area contributed by atoms with Crippen molar-refractivity contribution in [3.05, 3.63) is 29.3 Å². The first kappa shape index (κ1) is 15.9. The van der Waals surface area contributed by atoms with Crippen LogP contribution in [0.1, 0.15) is 30.7 Å². The molecule has 0 unspecified atom stereocenters. The highest BCUT2D eigenvalue weighted by atomic mass is 32.1. The van der Waals surface area contributed by atoms with E-state index < -0.39 is 0 Å². The maximum absolute atomic E-state index is 11.8. The van der Waals surface area contributed by atoms with E-state index in [2.05, 4.69) is 11.1 Å². The van der Waals surface area contributed by atoms with E-state index in [-0.39, 0.29) is 18.5 Å². The Balaban J connectivity index is 1.38. The van der Waals surface area contributed by atoms with Gasteiger partial charge >= 0.3 is 5.97 Å². The quantitative estimate of drug-likeness (QED) is 0.763. The van der Waals surface area contributed by atoms with Crippen LogP contribution >= 0.6 is 11.3 Å². The molecule has 0 atom stereocenters. The molecule has 5 nitrogen and oxygen atoms in total. The van der Waals surface area contributed by atoms with E-state index in [1.807, 2.05) is 18.2 Å². The van der Waals surface area contributed by atoms with Crippen LogP contribution in [0, 0.1) is 0 Å². The van der Waals surface area contributed by atoms with Crippen molar-refractivity contribution in [3.8, 4) is 0 Å². The third-order valence-electron chi connectivity index (χ3n) is 3.93. The molecule has 1 amide bonds. The predicted molar refractivity (Wildman–Crippen MR) is 89.3 cm³/mol. The molecule has 1 saturated heterocycles. The van der Waals surface area contributed by atoms with Gasteiger partial charge in [0.1, 0.15) is 0 Å². The number of carbonyl (C=O) groups is 2. The van der Waals surface area contributed by atoms with Crippen molar-refractivity contribution in [2.24, 2.45) is 0 Å². The van der Waals surface area contributed by atoms with Crippen molar-refractivity contribution in [1.82, 2.24) is 9.88 Å². The minimum atomic E-state index is -0.307. The first-order chi connectivity index (χ1) is 11.2. The number of thiazole rings is 1. The van der Waals surface area contributed by atoms with Gasteiger partial charge in [-0.2, -0.15) is 0 Å². The highest BCUT2D eigenvalue weighted by Crippen LogP contribution is 2.22. The van der Waals surface area contributed by atoms with Crippen LogP contribution in [-0.4, -0.2) is 41.5 Å². The van der Waals surface area contributed by atoms with Gasteiger partial charge in [0.15, 0.2) is 6.61 Å². The number of rotatable bonds is 6. The molecule has 1 aliphatic rings. The lowest BCUT2D eigenvalue weighted by Gasteiger charge is -2.14. The van der Waals surface area contributed by atoms with Crippen molar-refractivity contribution in [1.29, 1.82) is 0 Å². The fourth-order valence-corrected chi connectivity index (χ4v) is 3.69. The molecule has 1 aromatic carbocycles. The lowest BCUT2D eigenvalue weighted by atomic mass is 10.2. The topological polar surface area (TPSA) is 59.5 Å². The van der Waals surface area contributed by atoms with Gasteiger partial charge in [0.2, 0.25) is 0 Å². The van der Waals surface area contributed by atoms with E-state index >= 15 is 0 Å². The third-order valence-corrected chi connectivity index (χ3v) is 5.02. The van der Waals surface area contributed by atoms with Crippen LogP contribution in [-0.2, 0) is 20.7 Å². The number of fused-ring (bicyclic) bond motifs is 1. The zero-order valence-corrected chi connectivity index (χ0v) is 13.8. The van der Waals surface area contributed by atoms with Crippen LogP contribution in [0.25, 0.3) is 10.2 Å². The summed E-state index contributed by atoms with van der Waals surface area (Å²) in [5.41, 5.74) is 1.01. The molecule has 0 spiro atoms. The Bertz CT molecular complexity index is 659. The molecule has 0 N–H and O–H groups in total. The van der Waals surface area contributed by atoms with Crippen molar-refractivity contribution < 1.29 is 14.3 Å². The van der Waals surface area contributed by atoms with Crippen molar-refractivity contribution in [3.63, 3.8) is 0 Å². The Morgan fingerprint density at radius 3 is 2.78 bits per heavy atom. The fourth-order valence-electron chi connectivity index (χ4n) is 2.68.